The molecule has 8 N–H and O–H groups in total. The van der Waals surface area contributed by atoms with Crippen LogP contribution in [0.15, 0.2) is 31.2 Å². The van der Waals surface area contributed by atoms with E-state index in [1.54, 1.807) is 0 Å². The lowest BCUT2D eigenvalue weighted by atomic mass is 10.2. The summed E-state index contributed by atoms with van der Waals surface area (Å²) in [6, 6.07) is 1.52. The molecule has 23 heteroatoms. The zero-order valence-corrected chi connectivity index (χ0v) is 23.9. The van der Waals surface area contributed by atoms with Gasteiger partial charge in [-0.05, 0) is 6.07 Å². The summed E-state index contributed by atoms with van der Waals surface area (Å²) in [4.78, 5) is 41.9. The lowest BCUT2D eigenvalue weighted by molar-refractivity contribution is -0.174. The normalized spacial score (nSPS) is 38.3. The molecule has 0 spiro atoms. The monoisotopic (exact) mass is 657 g/mol. The van der Waals surface area contributed by atoms with Crippen molar-refractivity contribution in [1.82, 2.24) is 34.1 Å². The van der Waals surface area contributed by atoms with Gasteiger partial charge in [-0.2, -0.15) is 0 Å². The number of fused-ring (bicyclic) bond motifs is 5. The van der Waals surface area contributed by atoms with Crippen molar-refractivity contribution in [3.05, 3.63) is 31.2 Å². The highest BCUT2D eigenvalue weighted by molar-refractivity contribution is 7.52. The quantitative estimate of drug-likeness (QED) is 0.140. The largest absolute Gasteiger partial charge is 0.397 e. The number of nitrogens with zero attached hydrogens (tertiary/aromatic N) is 7. The first-order chi connectivity index (χ1) is 20.9. The third-order valence-electron chi connectivity index (χ3n) is 7.14. The first-order valence-corrected chi connectivity index (χ1v) is 16.4. The van der Waals surface area contributed by atoms with E-state index in [4.69, 9.17) is 39.5 Å². The summed E-state index contributed by atoms with van der Waals surface area (Å²) in [6.07, 6.45) is -9.85. The second-order valence-corrected chi connectivity index (χ2v) is 13.6. The minimum atomic E-state index is -4.78. The minimum absolute atomic E-state index is 0.0360. The fourth-order valence-electron chi connectivity index (χ4n) is 5.16. The van der Waals surface area contributed by atoms with E-state index < -0.39 is 77.3 Å². The molecule has 21 nitrogen and oxygen atoms in total. The van der Waals surface area contributed by atoms with Gasteiger partial charge in [-0.15, -0.1) is 0 Å². The lowest BCUT2D eigenvalue weighted by Gasteiger charge is -2.26. The number of hydrogen-bond donors (Lipinski definition) is 6. The van der Waals surface area contributed by atoms with Crippen molar-refractivity contribution in [2.45, 2.75) is 49.5 Å². The fourth-order valence-corrected chi connectivity index (χ4v) is 7.17. The van der Waals surface area contributed by atoms with Gasteiger partial charge in [0.05, 0.1) is 18.3 Å². The Kier molecular flexibility index (Phi) is 7.20. The van der Waals surface area contributed by atoms with Crippen molar-refractivity contribution in [3.63, 3.8) is 0 Å². The van der Waals surface area contributed by atoms with Crippen molar-refractivity contribution >= 4 is 49.0 Å². The van der Waals surface area contributed by atoms with E-state index in [0.29, 0.717) is 11.2 Å². The average Bonchev–Trinajstić information content (AvgIpc) is 3.73. The zero-order chi connectivity index (χ0) is 31.0. The van der Waals surface area contributed by atoms with Crippen LogP contribution in [0.25, 0.3) is 22.3 Å². The first-order valence-electron chi connectivity index (χ1n) is 12.8. The SMILES string of the molecule is Nc1ncnc2c1ncn2[C@@H]1O[C@@H]2OCP(=O)(O)O[C@@H]3C(O)[C@H](n4cnc5c(N)ccnc54)O[C@@H]3OCP(=O)(O)OC1[C@H]2O. The molecule has 0 radical (unpaired) electrons. The van der Waals surface area contributed by atoms with Gasteiger partial charge >= 0.3 is 15.2 Å². The molecule has 0 saturated carbocycles. The van der Waals surface area contributed by atoms with Gasteiger partial charge in [-0.1, -0.05) is 0 Å². The number of anilines is 2. The second kappa shape index (κ2) is 10.7. The van der Waals surface area contributed by atoms with Gasteiger partial charge in [0, 0.05) is 6.20 Å². The maximum Gasteiger partial charge on any atom is 0.354 e. The van der Waals surface area contributed by atoms with Crippen LogP contribution in [0.2, 0.25) is 0 Å². The number of aliphatic hydroxyl groups excluding tert-OH is 2. The summed E-state index contributed by atoms with van der Waals surface area (Å²) >= 11 is 0. The van der Waals surface area contributed by atoms with E-state index in [1.165, 1.54) is 34.1 Å². The Balaban J connectivity index is 1.20. The predicted octanol–water partition coefficient (Wildman–Crippen LogP) is -1.03. The Bertz CT molecular complexity index is 1820. The standard InChI is InChI=1S/C21H25N9O12P2/c22-8-1-2-24-16-9(8)27-4-29(16)18-11(31)14-21(39-18)38-7-43(33,34)41-13-12(32)20(37-6-44(35,36)42-14)40-19(13)30-5-28-10-15(23)25-3-26-17(10)30/h1-5,11-14,18-21,31-32H,6-7H2,(H2,22,24)(H,33,34)(H,35,36)(H2,23,25,26)/t11?,12-,13?,14-,18-,19-,20+,21+/m1/s1. The van der Waals surface area contributed by atoms with E-state index in [1.807, 2.05) is 0 Å². The Labute approximate surface area is 245 Å². The molecule has 0 aliphatic carbocycles. The smallest absolute Gasteiger partial charge is 0.354 e. The van der Waals surface area contributed by atoms with Crippen LogP contribution in [0.4, 0.5) is 11.5 Å². The lowest BCUT2D eigenvalue weighted by Crippen LogP contribution is -2.35. The third kappa shape index (κ3) is 5.06. The summed E-state index contributed by atoms with van der Waals surface area (Å²) in [5.41, 5.74) is 12.9. The maximum absolute atomic E-state index is 13.3. The minimum Gasteiger partial charge on any atom is -0.397 e. The van der Waals surface area contributed by atoms with Crippen LogP contribution in [0.3, 0.4) is 0 Å². The van der Waals surface area contributed by atoms with Crippen LogP contribution < -0.4 is 11.5 Å². The molecular formula is C21H25N9O12P2. The zero-order valence-electron chi connectivity index (χ0n) is 22.2. The number of nitrogen functional groups attached to an aromatic ring is 2. The Morgan fingerprint density at radius 2 is 1.39 bits per heavy atom. The molecule has 3 aliphatic heterocycles. The van der Waals surface area contributed by atoms with Gasteiger partial charge in [0.1, 0.15) is 41.8 Å². The Morgan fingerprint density at radius 3 is 2.14 bits per heavy atom. The number of imidazole rings is 2. The molecule has 7 heterocycles. The van der Waals surface area contributed by atoms with Gasteiger partial charge < -0.3 is 50.4 Å². The van der Waals surface area contributed by atoms with Gasteiger partial charge in [-0.25, -0.2) is 24.9 Å². The highest BCUT2D eigenvalue weighted by Gasteiger charge is 2.54. The van der Waals surface area contributed by atoms with Crippen molar-refractivity contribution in [2.24, 2.45) is 0 Å². The molecule has 236 valence electrons. The van der Waals surface area contributed by atoms with Crippen molar-refractivity contribution in [1.29, 1.82) is 0 Å². The molecule has 0 aromatic carbocycles. The fraction of sp³-hybridized carbons (Fsp3) is 0.476. The van der Waals surface area contributed by atoms with E-state index in [-0.39, 0.29) is 22.6 Å². The molecule has 2 bridgehead atoms. The van der Waals surface area contributed by atoms with Gasteiger partial charge in [0.25, 0.3) is 0 Å². The Hall–Kier alpha value is -3.17. The maximum atomic E-state index is 13.3. The van der Waals surface area contributed by atoms with Crippen LogP contribution in [0, 0.1) is 0 Å². The van der Waals surface area contributed by atoms with Crippen LogP contribution in [-0.2, 0) is 37.1 Å². The third-order valence-corrected chi connectivity index (χ3v) is 9.24. The number of aliphatic hydroxyl groups is 2. The summed E-state index contributed by atoms with van der Waals surface area (Å²) in [6.45, 7) is 0. The van der Waals surface area contributed by atoms with Crippen molar-refractivity contribution < 1.29 is 57.1 Å². The number of rotatable bonds is 2. The molecule has 7 rings (SSSR count). The van der Waals surface area contributed by atoms with Crippen molar-refractivity contribution in [3.8, 4) is 0 Å². The second-order valence-electron chi connectivity index (χ2n) is 10.1. The van der Waals surface area contributed by atoms with E-state index in [9.17, 15) is 29.1 Å². The summed E-state index contributed by atoms with van der Waals surface area (Å²) in [7, 11) is -9.54. The molecule has 10 atom stereocenters. The summed E-state index contributed by atoms with van der Waals surface area (Å²) in [5, 5.41) is 22.1. The topological polar surface area (TPSA) is 297 Å². The Morgan fingerprint density at radius 1 is 0.773 bits per heavy atom. The highest BCUT2D eigenvalue weighted by atomic mass is 31.2. The number of nitrogens with two attached hydrogens (primary N) is 2. The molecule has 4 aromatic heterocycles. The van der Waals surface area contributed by atoms with Gasteiger partial charge in [-0.3, -0.25) is 27.3 Å². The summed E-state index contributed by atoms with van der Waals surface area (Å²) in [5.74, 6) is 0.0360. The molecule has 0 amide bonds. The molecule has 4 unspecified atom stereocenters. The first kappa shape index (κ1) is 29.5. The van der Waals surface area contributed by atoms with E-state index in [2.05, 4.69) is 24.9 Å². The highest BCUT2D eigenvalue weighted by Crippen LogP contribution is 2.53. The number of pyridine rings is 1. The van der Waals surface area contributed by atoms with E-state index in [0.717, 1.165) is 6.33 Å². The number of aromatic nitrogens is 7. The average molecular weight is 657 g/mol. The molecule has 3 saturated heterocycles. The van der Waals surface area contributed by atoms with E-state index >= 15 is 0 Å². The van der Waals surface area contributed by atoms with Crippen LogP contribution in [0.5, 0.6) is 0 Å². The van der Waals surface area contributed by atoms with Crippen LogP contribution in [-0.4, -0.2) is 104 Å². The van der Waals surface area contributed by atoms with Crippen LogP contribution >= 0.6 is 15.2 Å². The molecular weight excluding hydrogens is 632 g/mol. The molecule has 4 aromatic rings. The van der Waals surface area contributed by atoms with Gasteiger partial charge in [0.15, 0.2) is 54.8 Å². The molecule has 3 aliphatic rings. The van der Waals surface area contributed by atoms with Crippen molar-refractivity contribution in [2.75, 3.05) is 24.2 Å². The van der Waals surface area contributed by atoms with Gasteiger partial charge in [0.2, 0.25) is 0 Å². The predicted molar refractivity (Wildman–Crippen MR) is 143 cm³/mol. The van der Waals surface area contributed by atoms with Crippen LogP contribution in [0.1, 0.15) is 12.5 Å². The molecule has 3 fully saturated rings. The summed E-state index contributed by atoms with van der Waals surface area (Å²) < 4.78 is 62.2. The number of hydrogen-bond acceptors (Lipinski definition) is 17. The number of ether oxygens (including phenoxy) is 4. The molecule has 44 heavy (non-hydrogen) atoms.